The number of methoxy groups -OCH3 is 2. The van der Waals surface area contributed by atoms with Crippen molar-refractivity contribution in [1.82, 2.24) is 9.71 Å². The molecule has 7 heteroatoms. The minimum Gasteiger partial charge on any atom is -0.494 e. The number of anilines is 1. The monoisotopic (exact) mass is 236 g/mol. The minimum atomic E-state index is 0.0139. The Morgan fingerprint density at radius 2 is 2.00 bits per heavy atom. The summed E-state index contributed by atoms with van der Waals surface area (Å²) in [7, 11) is 2.87. The number of nitrogens with two attached hydrogens (primary N) is 1. The first kappa shape index (κ1) is 11.1. The number of nitrogens with one attached hydrogen (secondary N) is 1. The van der Waals surface area contributed by atoms with E-state index in [1.807, 2.05) is 0 Å². The lowest BCUT2D eigenvalue weighted by atomic mass is 10.1. The molecule has 0 aromatic rings. The van der Waals surface area contributed by atoms with Crippen LogP contribution in [0.2, 0.25) is 0 Å². The molecule has 0 amide bonds. The van der Waals surface area contributed by atoms with Crippen LogP contribution in [0.15, 0.2) is 12.5 Å². The topological polar surface area (TPSA) is 106 Å². The first-order chi connectivity index (χ1) is 8.10. The van der Waals surface area contributed by atoms with Crippen molar-refractivity contribution in [2.75, 3.05) is 20.0 Å². The average molecular weight is 236 g/mol. The lowest BCUT2D eigenvalue weighted by Crippen LogP contribution is -2.16. The number of rotatable bonds is 2. The van der Waals surface area contributed by atoms with Crippen molar-refractivity contribution < 1.29 is 14.7 Å². The molecule has 4 N–H and O–H groups in total. The normalized spacial score (nSPS) is 10.5. The summed E-state index contributed by atoms with van der Waals surface area (Å²) in [5, 5.41) is 17.2. The molecule has 2 aliphatic rings. The van der Waals surface area contributed by atoms with E-state index in [0.29, 0.717) is 17.0 Å². The number of nitrogen functional groups attached to an aromatic ring is 1. The number of hydrogen-bond acceptors (Lipinski definition) is 6. The molecule has 1 aliphatic carbocycles. The Morgan fingerprint density at radius 1 is 1.35 bits per heavy atom. The smallest absolute Gasteiger partial charge is 0.172 e. The Kier molecular flexibility index (Phi) is 2.51. The first-order valence-electron chi connectivity index (χ1n) is 4.75. The van der Waals surface area contributed by atoms with E-state index in [4.69, 9.17) is 20.6 Å². The molecule has 2 rings (SSSR count). The van der Waals surface area contributed by atoms with Crippen LogP contribution in [0.1, 0.15) is 0 Å². The van der Waals surface area contributed by atoms with Gasteiger partial charge in [-0.25, -0.2) is 4.98 Å². The molecule has 0 saturated heterocycles. The molecule has 0 bridgehead atoms. The molecule has 17 heavy (non-hydrogen) atoms. The van der Waals surface area contributed by atoms with Gasteiger partial charge in [0, 0.05) is 0 Å². The second kappa shape index (κ2) is 3.85. The van der Waals surface area contributed by atoms with Crippen LogP contribution in [-0.4, -0.2) is 29.1 Å². The molecule has 0 radical (unpaired) electrons. The van der Waals surface area contributed by atoms with Gasteiger partial charge in [-0.05, 0) is 0 Å². The highest BCUT2D eigenvalue weighted by atomic mass is 16.5. The molecule has 7 nitrogen and oxygen atoms in total. The van der Waals surface area contributed by atoms with Gasteiger partial charge in [0.15, 0.2) is 11.5 Å². The summed E-state index contributed by atoms with van der Waals surface area (Å²) < 4.78 is 11.0. The van der Waals surface area contributed by atoms with Gasteiger partial charge in [0.1, 0.15) is 23.1 Å². The van der Waals surface area contributed by atoms with Gasteiger partial charge in [-0.1, -0.05) is 0 Å². The largest absolute Gasteiger partial charge is 0.494 e. The van der Waals surface area contributed by atoms with E-state index in [-0.39, 0.29) is 16.8 Å². The zero-order valence-electron chi connectivity index (χ0n) is 9.39. The van der Waals surface area contributed by atoms with Gasteiger partial charge in [0.25, 0.3) is 0 Å². The fourth-order valence-electron chi connectivity index (χ4n) is 1.68. The quantitative estimate of drug-likeness (QED) is 0.513. The standard InChI is InChI=1S/C10H12N4O3/c1-16-9-5-3-14(15)4-13-8(5)10(17-2)7(12)6(9)11/h3-4,12,15H,11H2,1-2H3. The van der Waals surface area contributed by atoms with Crippen LogP contribution >= 0.6 is 0 Å². The summed E-state index contributed by atoms with van der Waals surface area (Å²) >= 11 is 0. The van der Waals surface area contributed by atoms with Crippen molar-refractivity contribution in [1.29, 1.82) is 5.41 Å². The van der Waals surface area contributed by atoms with E-state index in [1.165, 1.54) is 26.7 Å². The highest BCUT2D eigenvalue weighted by molar-refractivity contribution is 5.80. The maximum atomic E-state index is 9.34. The summed E-state index contributed by atoms with van der Waals surface area (Å²) in [4.78, 5) is 3.99. The SMILES string of the molecule is COc1c2cn(O)cnc-2c(OC)c(=N)c1N. The molecule has 0 spiro atoms. The van der Waals surface area contributed by atoms with Crippen LogP contribution in [0.25, 0.3) is 11.3 Å². The molecule has 0 fully saturated rings. The maximum absolute atomic E-state index is 9.34. The fraction of sp³-hybridized carbons (Fsp3) is 0.200. The van der Waals surface area contributed by atoms with E-state index in [0.717, 1.165) is 4.73 Å². The molecule has 90 valence electrons. The summed E-state index contributed by atoms with van der Waals surface area (Å²) in [5.41, 5.74) is 6.80. The minimum absolute atomic E-state index is 0.0139. The van der Waals surface area contributed by atoms with Crippen molar-refractivity contribution in [3.8, 4) is 22.8 Å². The van der Waals surface area contributed by atoms with Gasteiger partial charge >= 0.3 is 0 Å². The number of ether oxygens (including phenoxy) is 2. The average Bonchev–Trinajstić information content (AvgIpc) is 2.32. The van der Waals surface area contributed by atoms with E-state index >= 15 is 0 Å². The van der Waals surface area contributed by atoms with Gasteiger partial charge in [0.2, 0.25) is 0 Å². The van der Waals surface area contributed by atoms with Crippen LogP contribution in [0, 0.1) is 5.41 Å². The van der Waals surface area contributed by atoms with E-state index in [9.17, 15) is 5.21 Å². The van der Waals surface area contributed by atoms with Gasteiger partial charge in [-0.3, -0.25) is 5.41 Å². The van der Waals surface area contributed by atoms with Crippen molar-refractivity contribution in [3.63, 3.8) is 0 Å². The third-order valence-corrected chi connectivity index (χ3v) is 2.43. The van der Waals surface area contributed by atoms with E-state index in [2.05, 4.69) is 4.98 Å². The second-order valence-corrected chi connectivity index (χ2v) is 3.37. The molecule has 0 atom stereocenters. The number of hydrogen-bond donors (Lipinski definition) is 3. The molecule has 0 saturated carbocycles. The Balaban J connectivity index is 2.96. The summed E-state index contributed by atoms with van der Waals surface area (Å²) in [6.07, 6.45) is 2.58. The van der Waals surface area contributed by atoms with E-state index in [1.54, 1.807) is 0 Å². The lowest BCUT2D eigenvalue weighted by molar-refractivity contribution is 0.180. The number of benzene rings is 1. The van der Waals surface area contributed by atoms with Crippen LogP contribution in [0.4, 0.5) is 5.69 Å². The third kappa shape index (κ3) is 1.52. The summed E-state index contributed by atoms with van der Waals surface area (Å²) in [5.74, 6) is 0.542. The van der Waals surface area contributed by atoms with Gasteiger partial charge in [-0.15, -0.1) is 0 Å². The Bertz CT molecular complexity index is 593. The first-order valence-corrected chi connectivity index (χ1v) is 4.75. The Morgan fingerprint density at radius 3 is 2.59 bits per heavy atom. The van der Waals surface area contributed by atoms with E-state index < -0.39 is 0 Å². The Hall–Kier alpha value is -2.44. The van der Waals surface area contributed by atoms with Crippen molar-refractivity contribution in [2.24, 2.45) is 0 Å². The van der Waals surface area contributed by atoms with Crippen LogP contribution in [-0.2, 0) is 0 Å². The van der Waals surface area contributed by atoms with Gasteiger partial charge in [0.05, 0.1) is 26.0 Å². The summed E-state index contributed by atoms with van der Waals surface area (Å²) in [6, 6.07) is 0. The molecular formula is C10H12N4O3. The van der Waals surface area contributed by atoms with Crippen LogP contribution in [0.3, 0.4) is 0 Å². The highest BCUT2D eigenvalue weighted by Crippen LogP contribution is 2.37. The number of aromatic nitrogens is 2. The predicted octanol–water partition coefficient (Wildman–Crippen LogP) is 0.304. The molecule has 0 unspecified atom stereocenters. The summed E-state index contributed by atoms with van der Waals surface area (Å²) in [6.45, 7) is 0. The zero-order chi connectivity index (χ0) is 12.6. The lowest BCUT2D eigenvalue weighted by Gasteiger charge is -2.16. The molecule has 1 aliphatic heterocycles. The number of fused-ring (bicyclic) bond motifs is 1. The second-order valence-electron chi connectivity index (χ2n) is 3.37. The maximum Gasteiger partial charge on any atom is 0.172 e. The van der Waals surface area contributed by atoms with Crippen LogP contribution < -0.4 is 20.6 Å². The molecule has 0 aromatic carbocycles. The molecule has 1 heterocycles. The van der Waals surface area contributed by atoms with Crippen molar-refractivity contribution in [3.05, 3.63) is 17.9 Å². The van der Waals surface area contributed by atoms with Crippen molar-refractivity contribution >= 4 is 5.69 Å². The predicted molar refractivity (Wildman–Crippen MR) is 59.4 cm³/mol. The molecular weight excluding hydrogens is 224 g/mol. The van der Waals surface area contributed by atoms with Crippen LogP contribution in [0.5, 0.6) is 11.5 Å². The van der Waals surface area contributed by atoms with Gasteiger partial charge < -0.3 is 20.4 Å². The highest BCUT2D eigenvalue weighted by Gasteiger charge is 2.22. The number of nitrogens with zero attached hydrogens (tertiary/aromatic N) is 2. The van der Waals surface area contributed by atoms with Crippen molar-refractivity contribution in [2.45, 2.75) is 0 Å². The Labute approximate surface area is 96.8 Å². The zero-order valence-corrected chi connectivity index (χ0v) is 9.39. The molecule has 0 aromatic heterocycles. The van der Waals surface area contributed by atoms with Gasteiger partial charge in [-0.2, -0.15) is 4.73 Å². The third-order valence-electron chi connectivity index (χ3n) is 2.43. The fourth-order valence-corrected chi connectivity index (χ4v) is 1.68.